The number of nitrogens with zero attached hydrogens (tertiary/aromatic N) is 3. The minimum Gasteiger partial charge on any atom is -0.303 e. The Morgan fingerprint density at radius 1 is 1.13 bits per heavy atom. The van der Waals surface area contributed by atoms with Gasteiger partial charge in [-0.15, -0.1) is 0 Å². The van der Waals surface area contributed by atoms with Gasteiger partial charge in [0.25, 0.3) is 0 Å². The van der Waals surface area contributed by atoms with Gasteiger partial charge in [0, 0.05) is 19.0 Å². The molecule has 0 saturated heterocycles. The standard InChI is InChI=1S/C10H15Br2N3/c1-3-15(4-2)6-5-10-13-8(11)7-9(12)14-10/h7H,3-6H2,1-2H3. The van der Waals surface area contributed by atoms with Crippen LogP contribution in [0.4, 0.5) is 0 Å². The first-order chi connectivity index (χ1) is 7.15. The van der Waals surface area contributed by atoms with Crippen LogP contribution >= 0.6 is 31.9 Å². The zero-order valence-corrected chi connectivity index (χ0v) is 12.2. The Morgan fingerprint density at radius 3 is 2.13 bits per heavy atom. The summed E-state index contributed by atoms with van der Waals surface area (Å²) in [6, 6.07) is 1.85. The summed E-state index contributed by atoms with van der Waals surface area (Å²) in [6.45, 7) is 7.50. The predicted octanol–water partition coefficient (Wildman–Crippen LogP) is 2.89. The third-order valence-electron chi connectivity index (χ3n) is 2.26. The number of likely N-dealkylation sites (N-methyl/N-ethyl adjacent to an activating group) is 1. The Balaban J connectivity index is 2.57. The molecular weight excluding hydrogens is 322 g/mol. The summed E-state index contributed by atoms with van der Waals surface area (Å²) >= 11 is 6.72. The Kier molecular flexibility index (Phi) is 5.71. The second-order valence-corrected chi connectivity index (χ2v) is 4.83. The van der Waals surface area contributed by atoms with Crippen LogP contribution in [-0.4, -0.2) is 34.5 Å². The number of hydrogen-bond donors (Lipinski definition) is 0. The number of halogens is 2. The number of aromatic nitrogens is 2. The molecule has 0 aliphatic heterocycles. The van der Waals surface area contributed by atoms with Gasteiger partial charge < -0.3 is 4.90 Å². The van der Waals surface area contributed by atoms with E-state index in [4.69, 9.17) is 0 Å². The van der Waals surface area contributed by atoms with Crippen molar-refractivity contribution in [3.8, 4) is 0 Å². The molecule has 0 N–H and O–H groups in total. The van der Waals surface area contributed by atoms with Crippen molar-refractivity contribution in [2.75, 3.05) is 19.6 Å². The van der Waals surface area contributed by atoms with E-state index in [0.29, 0.717) is 0 Å². The molecule has 0 saturated carbocycles. The van der Waals surface area contributed by atoms with Crippen molar-refractivity contribution < 1.29 is 0 Å². The lowest BCUT2D eigenvalue weighted by atomic mass is 10.3. The van der Waals surface area contributed by atoms with Gasteiger partial charge in [0.15, 0.2) is 0 Å². The van der Waals surface area contributed by atoms with Crippen molar-refractivity contribution in [1.29, 1.82) is 0 Å². The van der Waals surface area contributed by atoms with Crippen LogP contribution in [-0.2, 0) is 6.42 Å². The van der Waals surface area contributed by atoms with E-state index in [1.165, 1.54) is 0 Å². The van der Waals surface area contributed by atoms with Crippen LogP contribution in [0.3, 0.4) is 0 Å². The molecule has 5 heteroatoms. The fraction of sp³-hybridized carbons (Fsp3) is 0.600. The second-order valence-electron chi connectivity index (χ2n) is 3.21. The van der Waals surface area contributed by atoms with Crippen LogP contribution in [0.5, 0.6) is 0 Å². The molecule has 1 aromatic heterocycles. The van der Waals surface area contributed by atoms with Crippen molar-refractivity contribution in [3.05, 3.63) is 21.1 Å². The van der Waals surface area contributed by atoms with E-state index in [1.807, 2.05) is 6.07 Å². The normalized spacial score (nSPS) is 11.0. The molecule has 1 rings (SSSR count). The SMILES string of the molecule is CCN(CC)CCc1nc(Br)cc(Br)n1. The number of rotatable bonds is 5. The average Bonchev–Trinajstić information content (AvgIpc) is 2.18. The minimum absolute atomic E-state index is 0.832. The highest BCUT2D eigenvalue weighted by molar-refractivity contribution is 9.11. The van der Waals surface area contributed by atoms with Gasteiger partial charge in [-0.2, -0.15) is 0 Å². The fourth-order valence-corrected chi connectivity index (χ4v) is 2.49. The van der Waals surface area contributed by atoms with Crippen molar-refractivity contribution in [2.24, 2.45) is 0 Å². The molecule has 0 unspecified atom stereocenters. The first-order valence-electron chi connectivity index (χ1n) is 5.07. The Bertz CT molecular complexity index is 293. The highest BCUT2D eigenvalue weighted by Gasteiger charge is 2.04. The van der Waals surface area contributed by atoms with Gasteiger partial charge in [-0.25, -0.2) is 9.97 Å². The maximum Gasteiger partial charge on any atom is 0.132 e. The molecule has 0 aliphatic carbocycles. The van der Waals surface area contributed by atoms with E-state index in [0.717, 1.165) is 41.1 Å². The van der Waals surface area contributed by atoms with Crippen molar-refractivity contribution in [3.63, 3.8) is 0 Å². The van der Waals surface area contributed by atoms with Gasteiger partial charge in [0.05, 0.1) is 0 Å². The summed E-state index contributed by atoms with van der Waals surface area (Å²) in [4.78, 5) is 11.0. The quantitative estimate of drug-likeness (QED) is 0.774. The summed E-state index contributed by atoms with van der Waals surface area (Å²) in [5.74, 6) is 0.878. The van der Waals surface area contributed by atoms with Crippen LogP contribution in [0.2, 0.25) is 0 Å². The van der Waals surface area contributed by atoms with E-state index >= 15 is 0 Å². The van der Waals surface area contributed by atoms with Crippen LogP contribution in [0.25, 0.3) is 0 Å². The molecule has 1 heterocycles. The third-order valence-corrected chi connectivity index (χ3v) is 3.07. The molecule has 1 aromatic rings. The van der Waals surface area contributed by atoms with E-state index < -0.39 is 0 Å². The Morgan fingerprint density at radius 2 is 1.67 bits per heavy atom. The molecule has 3 nitrogen and oxygen atoms in total. The molecule has 0 aliphatic rings. The fourth-order valence-electron chi connectivity index (χ4n) is 1.34. The highest BCUT2D eigenvalue weighted by Crippen LogP contribution is 2.13. The van der Waals surface area contributed by atoms with Gasteiger partial charge >= 0.3 is 0 Å². The minimum atomic E-state index is 0.832. The molecule has 0 amide bonds. The van der Waals surface area contributed by atoms with Crippen molar-refractivity contribution in [1.82, 2.24) is 14.9 Å². The Labute approximate surface area is 108 Å². The van der Waals surface area contributed by atoms with Gasteiger partial charge in [0.1, 0.15) is 15.0 Å². The van der Waals surface area contributed by atoms with Gasteiger partial charge in [-0.1, -0.05) is 13.8 Å². The van der Waals surface area contributed by atoms with E-state index in [1.54, 1.807) is 0 Å². The molecule has 15 heavy (non-hydrogen) atoms. The molecule has 0 fully saturated rings. The monoisotopic (exact) mass is 335 g/mol. The highest BCUT2D eigenvalue weighted by atomic mass is 79.9. The number of hydrogen-bond acceptors (Lipinski definition) is 3. The Hall–Kier alpha value is -0.0000000000000000555. The first-order valence-corrected chi connectivity index (χ1v) is 6.65. The maximum atomic E-state index is 4.32. The van der Waals surface area contributed by atoms with E-state index in [2.05, 4.69) is 60.6 Å². The molecule has 0 radical (unpaired) electrons. The summed E-state index contributed by atoms with van der Waals surface area (Å²) in [7, 11) is 0. The molecule has 84 valence electrons. The lowest BCUT2D eigenvalue weighted by Crippen LogP contribution is -2.25. The molecule has 0 aromatic carbocycles. The van der Waals surface area contributed by atoms with Crippen molar-refractivity contribution in [2.45, 2.75) is 20.3 Å². The largest absolute Gasteiger partial charge is 0.303 e. The summed E-state index contributed by atoms with van der Waals surface area (Å²) < 4.78 is 1.66. The van der Waals surface area contributed by atoms with Crippen LogP contribution in [0.1, 0.15) is 19.7 Å². The van der Waals surface area contributed by atoms with Gasteiger partial charge in [0.2, 0.25) is 0 Å². The summed E-state index contributed by atoms with van der Waals surface area (Å²) in [5, 5.41) is 0. The second kappa shape index (κ2) is 6.55. The first kappa shape index (κ1) is 13.1. The topological polar surface area (TPSA) is 29.0 Å². The zero-order valence-electron chi connectivity index (χ0n) is 9.00. The predicted molar refractivity (Wildman–Crippen MR) is 68.9 cm³/mol. The van der Waals surface area contributed by atoms with Crippen LogP contribution in [0.15, 0.2) is 15.3 Å². The van der Waals surface area contributed by atoms with Crippen molar-refractivity contribution >= 4 is 31.9 Å². The molecule has 0 bridgehead atoms. The molecule has 0 atom stereocenters. The van der Waals surface area contributed by atoms with Crippen LogP contribution < -0.4 is 0 Å². The zero-order chi connectivity index (χ0) is 11.3. The van der Waals surface area contributed by atoms with Gasteiger partial charge in [-0.05, 0) is 44.9 Å². The van der Waals surface area contributed by atoms with E-state index in [-0.39, 0.29) is 0 Å². The lowest BCUT2D eigenvalue weighted by molar-refractivity contribution is 0.305. The summed E-state index contributed by atoms with van der Waals surface area (Å²) in [5.41, 5.74) is 0. The van der Waals surface area contributed by atoms with E-state index in [9.17, 15) is 0 Å². The third kappa shape index (κ3) is 4.57. The lowest BCUT2D eigenvalue weighted by Gasteiger charge is -2.16. The molecular formula is C10H15Br2N3. The molecule has 0 spiro atoms. The van der Waals surface area contributed by atoms with Gasteiger partial charge in [-0.3, -0.25) is 0 Å². The van der Waals surface area contributed by atoms with Crippen LogP contribution in [0, 0.1) is 0 Å². The average molecular weight is 337 g/mol. The smallest absolute Gasteiger partial charge is 0.132 e. The summed E-state index contributed by atoms with van der Waals surface area (Å²) in [6.07, 6.45) is 0.889. The maximum absolute atomic E-state index is 4.32.